The van der Waals surface area contributed by atoms with E-state index in [0.717, 1.165) is 17.9 Å². The lowest BCUT2D eigenvalue weighted by Crippen LogP contribution is -2.45. The number of pyridine rings is 1. The Bertz CT molecular complexity index is 603. The van der Waals surface area contributed by atoms with Crippen LogP contribution in [0, 0.1) is 23.7 Å². The van der Waals surface area contributed by atoms with Crippen LogP contribution in [-0.4, -0.2) is 48.2 Å². The normalized spacial score (nSPS) is 23.3. The van der Waals surface area contributed by atoms with E-state index in [2.05, 4.69) is 11.1 Å². The number of aryl methyl sites for hydroxylation is 1. The van der Waals surface area contributed by atoms with E-state index in [-0.39, 0.29) is 12.0 Å². The van der Waals surface area contributed by atoms with Crippen molar-refractivity contribution < 1.29 is 14.3 Å². The standard InChI is InChI=1S/C17H21N3O3/c1-13-2-3-14(10-19-13)23-15-4-7-20(11-15)16(21)17(12-18)5-8-22-9-6-17/h2-3,10,15H,4-9,11H2,1H3. The highest BCUT2D eigenvalue weighted by Crippen LogP contribution is 2.33. The monoisotopic (exact) mass is 315 g/mol. The number of hydrogen-bond acceptors (Lipinski definition) is 5. The van der Waals surface area contributed by atoms with Crippen LogP contribution in [0.15, 0.2) is 18.3 Å². The molecule has 0 N–H and O–H groups in total. The Hall–Kier alpha value is -2.13. The van der Waals surface area contributed by atoms with E-state index in [1.54, 1.807) is 11.1 Å². The summed E-state index contributed by atoms with van der Waals surface area (Å²) in [4.78, 5) is 18.8. The van der Waals surface area contributed by atoms with Crippen molar-refractivity contribution in [3.8, 4) is 11.8 Å². The predicted molar refractivity (Wildman–Crippen MR) is 82.7 cm³/mol. The number of ether oxygens (including phenoxy) is 2. The van der Waals surface area contributed by atoms with E-state index in [9.17, 15) is 10.1 Å². The SMILES string of the molecule is Cc1ccc(OC2CCN(C(=O)C3(C#N)CCOCC3)C2)cn1. The van der Waals surface area contributed by atoms with E-state index in [4.69, 9.17) is 9.47 Å². The second-order valence-corrected chi connectivity index (χ2v) is 6.22. The summed E-state index contributed by atoms with van der Waals surface area (Å²) in [6, 6.07) is 6.04. The number of amides is 1. The fourth-order valence-electron chi connectivity index (χ4n) is 3.12. The number of aromatic nitrogens is 1. The number of nitriles is 1. The van der Waals surface area contributed by atoms with Gasteiger partial charge in [0.15, 0.2) is 0 Å². The van der Waals surface area contributed by atoms with Gasteiger partial charge in [0.2, 0.25) is 5.91 Å². The molecular formula is C17H21N3O3. The van der Waals surface area contributed by atoms with Crippen molar-refractivity contribution in [1.29, 1.82) is 5.26 Å². The second-order valence-electron chi connectivity index (χ2n) is 6.22. The molecule has 0 aromatic carbocycles. The molecule has 0 aliphatic carbocycles. The number of carbonyl (C=O) groups is 1. The molecular weight excluding hydrogens is 294 g/mol. The zero-order valence-electron chi connectivity index (χ0n) is 13.3. The molecule has 1 aromatic heterocycles. The van der Waals surface area contributed by atoms with Gasteiger partial charge in [0.25, 0.3) is 0 Å². The Morgan fingerprint density at radius 1 is 1.48 bits per heavy atom. The van der Waals surface area contributed by atoms with Crippen LogP contribution in [0.3, 0.4) is 0 Å². The minimum atomic E-state index is -0.918. The first-order chi connectivity index (χ1) is 11.1. The summed E-state index contributed by atoms with van der Waals surface area (Å²) in [5, 5.41) is 9.51. The molecule has 23 heavy (non-hydrogen) atoms. The lowest BCUT2D eigenvalue weighted by molar-refractivity contribution is -0.142. The molecule has 1 atom stereocenters. The summed E-state index contributed by atoms with van der Waals surface area (Å²) in [6.45, 7) is 4.03. The molecule has 2 fully saturated rings. The van der Waals surface area contributed by atoms with Crippen molar-refractivity contribution in [3.63, 3.8) is 0 Å². The lowest BCUT2D eigenvalue weighted by Gasteiger charge is -2.32. The molecule has 0 spiro atoms. The molecule has 2 saturated heterocycles. The van der Waals surface area contributed by atoms with Crippen LogP contribution in [-0.2, 0) is 9.53 Å². The third-order valence-corrected chi connectivity index (χ3v) is 4.59. The van der Waals surface area contributed by atoms with E-state index in [0.29, 0.717) is 39.1 Å². The van der Waals surface area contributed by atoms with E-state index < -0.39 is 5.41 Å². The van der Waals surface area contributed by atoms with Crippen molar-refractivity contribution in [2.24, 2.45) is 5.41 Å². The van der Waals surface area contributed by atoms with Gasteiger partial charge in [0, 0.05) is 31.9 Å². The Labute approximate surface area is 136 Å². The largest absolute Gasteiger partial charge is 0.487 e. The maximum absolute atomic E-state index is 12.8. The average molecular weight is 315 g/mol. The van der Waals surface area contributed by atoms with E-state index >= 15 is 0 Å². The molecule has 0 radical (unpaired) electrons. The van der Waals surface area contributed by atoms with Crippen molar-refractivity contribution in [1.82, 2.24) is 9.88 Å². The van der Waals surface area contributed by atoms with Crippen LogP contribution < -0.4 is 4.74 Å². The third-order valence-electron chi connectivity index (χ3n) is 4.59. The van der Waals surface area contributed by atoms with Crippen molar-refractivity contribution in [2.45, 2.75) is 32.3 Å². The summed E-state index contributed by atoms with van der Waals surface area (Å²) in [6.07, 6.45) is 3.39. The van der Waals surface area contributed by atoms with Crippen molar-refractivity contribution >= 4 is 5.91 Å². The molecule has 0 saturated carbocycles. The first-order valence-corrected chi connectivity index (χ1v) is 8.01. The summed E-state index contributed by atoms with van der Waals surface area (Å²) < 4.78 is 11.2. The smallest absolute Gasteiger partial charge is 0.243 e. The predicted octanol–water partition coefficient (Wildman–Crippen LogP) is 1.69. The molecule has 122 valence electrons. The summed E-state index contributed by atoms with van der Waals surface area (Å²) >= 11 is 0. The maximum atomic E-state index is 12.8. The number of rotatable bonds is 3. The number of likely N-dealkylation sites (tertiary alicyclic amines) is 1. The van der Waals surface area contributed by atoms with Gasteiger partial charge in [-0.25, -0.2) is 0 Å². The molecule has 1 unspecified atom stereocenters. The Morgan fingerprint density at radius 2 is 2.26 bits per heavy atom. The van der Waals surface area contributed by atoms with Crippen LogP contribution in [0.1, 0.15) is 25.0 Å². The summed E-state index contributed by atoms with van der Waals surface area (Å²) in [5.74, 6) is 0.646. The molecule has 0 bridgehead atoms. The molecule has 1 amide bonds. The summed E-state index contributed by atoms with van der Waals surface area (Å²) in [5.41, 5.74) is 0.0227. The van der Waals surface area contributed by atoms with Gasteiger partial charge < -0.3 is 14.4 Å². The zero-order chi connectivity index (χ0) is 16.3. The highest BCUT2D eigenvalue weighted by atomic mass is 16.5. The van der Waals surface area contributed by atoms with Gasteiger partial charge >= 0.3 is 0 Å². The fourth-order valence-corrected chi connectivity index (χ4v) is 3.12. The van der Waals surface area contributed by atoms with Gasteiger partial charge in [-0.3, -0.25) is 9.78 Å². The molecule has 1 aromatic rings. The maximum Gasteiger partial charge on any atom is 0.243 e. The van der Waals surface area contributed by atoms with Gasteiger partial charge in [-0.2, -0.15) is 5.26 Å². The van der Waals surface area contributed by atoms with Gasteiger partial charge in [-0.05, 0) is 31.9 Å². The minimum absolute atomic E-state index is 0.0426. The third kappa shape index (κ3) is 3.30. The van der Waals surface area contributed by atoms with Crippen LogP contribution >= 0.6 is 0 Å². The highest BCUT2D eigenvalue weighted by Gasteiger charge is 2.44. The lowest BCUT2D eigenvalue weighted by atomic mass is 9.80. The first kappa shape index (κ1) is 15.8. The molecule has 3 rings (SSSR count). The number of carbonyl (C=O) groups excluding carboxylic acids is 1. The Balaban J connectivity index is 1.61. The first-order valence-electron chi connectivity index (χ1n) is 8.01. The zero-order valence-corrected chi connectivity index (χ0v) is 13.3. The van der Waals surface area contributed by atoms with Gasteiger partial charge in [-0.1, -0.05) is 0 Å². The van der Waals surface area contributed by atoms with E-state index in [1.807, 2.05) is 19.1 Å². The van der Waals surface area contributed by atoms with Crippen molar-refractivity contribution in [3.05, 3.63) is 24.0 Å². The average Bonchev–Trinajstić information content (AvgIpc) is 3.05. The van der Waals surface area contributed by atoms with Crippen LogP contribution in [0.2, 0.25) is 0 Å². The minimum Gasteiger partial charge on any atom is -0.487 e. The van der Waals surface area contributed by atoms with Crippen LogP contribution in [0.25, 0.3) is 0 Å². The number of nitrogens with zero attached hydrogens (tertiary/aromatic N) is 3. The molecule has 6 heteroatoms. The van der Waals surface area contributed by atoms with Gasteiger partial charge in [-0.15, -0.1) is 0 Å². The Kier molecular flexibility index (Phi) is 4.49. The van der Waals surface area contributed by atoms with Crippen molar-refractivity contribution in [2.75, 3.05) is 26.3 Å². The quantitative estimate of drug-likeness (QED) is 0.848. The van der Waals surface area contributed by atoms with E-state index in [1.165, 1.54) is 0 Å². The number of hydrogen-bond donors (Lipinski definition) is 0. The van der Waals surface area contributed by atoms with Gasteiger partial charge in [0.1, 0.15) is 17.3 Å². The van der Waals surface area contributed by atoms with Crippen LogP contribution in [0.4, 0.5) is 0 Å². The van der Waals surface area contributed by atoms with Gasteiger partial charge in [0.05, 0.1) is 18.8 Å². The van der Waals surface area contributed by atoms with Crippen LogP contribution in [0.5, 0.6) is 5.75 Å². The molecule has 6 nitrogen and oxygen atoms in total. The fraction of sp³-hybridized carbons (Fsp3) is 0.588. The topological polar surface area (TPSA) is 75.5 Å². The summed E-state index contributed by atoms with van der Waals surface area (Å²) in [7, 11) is 0. The Morgan fingerprint density at radius 3 is 2.91 bits per heavy atom. The molecule has 3 heterocycles. The second kappa shape index (κ2) is 6.55. The highest BCUT2D eigenvalue weighted by molar-refractivity contribution is 5.86. The molecule has 2 aliphatic rings. The molecule has 2 aliphatic heterocycles.